The normalized spacial score (nSPS) is 26.1. The monoisotopic (exact) mass is 531 g/mol. The van der Waals surface area contributed by atoms with Crippen LogP contribution < -0.4 is 10.7 Å². The Hall–Kier alpha value is -3.66. The van der Waals surface area contributed by atoms with Crippen LogP contribution in [0.1, 0.15) is 45.4 Å². The molecule has 0 radical (unpaired) electrons. The summed E-state index contributed by atoms with van der Waals surface area (Å²) in [5, 5.41) is 4.40. The number of allylic oxidation sites excluding steroid dienone is 2. The van der Waals surface area contributed by atoms with Crippen molar-refractivity contribution in [1.82, 2.24) is 29.7 Å². The van der Waals surface area contributed by atoms with E-state index in [9.17, 15) is 4.79 Å². The van der Waals surface area contributed by atoms with Crippen molar-refractivity contribution in [1.29, 1.82) is 0 Å². The number of imidazole rings is 1. The summed E-state index contributed by atoms with van der Waals surface area (Å²) in [6.07, 6.45) is 10.3. The second-order valence-electron chi connectivity index (χ2n) is 10.9. The highest BCUT2D eigenvalue weighted by atomic mass is 35.5. The summed E-state index contributed by atoms with van der Waals surface area (Å²) in [4.78, 5) is 31.4. The van der Waals surface area contributed by atoms with Crippen LogP contribution in [-0.4, -0.2) is 41.8 Å². The zero-order chi connectivity index (χ0) is 25.5. The van der Waals surface area contributed by atoms with Gasteiger partial charge in [0.1, 0.15) is 17.6 Å². The number of hydrogen-bond acceptors (Lipinski definition) is 8. The molecule has 11 heteroatoms. The molecule has 4 aromatic heterocycles. The molecule has 4 aromatic rings. The predicted molar refractivity (Wildman–Crippen MR) is 140 cm³/mol. The number of H-pyrrole nitrogens is 1. The fraction of sp³-hybridized carbons (Fsp3) is 0.444. The topological polar surface area (TPSA) is 115 Å². The van der Waals surface area contributed by atoms with E-state index in [2.05, 4.69) is 31.5 Å². The van der Waals surface area contributed by atoms with Gasteiger partial charge >= 0.3 is 5.76 Å². The Kier molecular flexibility index (Phi) is 4.80. The van der Waals surface area contributed by atoms with Crippen molar-refractivity contribution in [3.63, 3.8) is 0 Å². The lowest BCUT2D eigenvalue weighted by Crippen LogP contribution is -2.55. The highest BCUT2D eigenvalue weighted by Crippen LogP contribution is 2.50. The van der Waals surface area contributed by atoms with Crippen LogP contribution >= 0.6 is 11.6 Å². The summed E-state index contributed by atoms with van der Waals surface area (Å²) in [6.45, 7) is 3.09. The highest BCUT2D eigenvalue weighted by Gasteiger charge is 2.48. The van der Waals surface area contributed by atoms with Gasteiger partial charge in [0.25, 0.3) is 0 Å². The zero-order valence-electron chi connectivity index (χ0n) is 20.9. The van der Waals surface area contributed by atoms with Crippen molar-refractivity contribution in [2.24, 2.45) is 11.8 Å². The molecular weight excluding hydrogens is 506 g/mol. The summed E-state index contributed by atoms with van der Waals surface area (Å²) in [6, 6.07) is 3.99. The molecule has 1 fully saturated rings. The minimum absolute atomic E-state index is 0.181. The third-order valence-corrected chi connectivity index (χ3v) is 8.76. The lowest BCUT2D eigenvalue weighted by atomic mass is 9.79. The number of ether oxygens (including phenoxy) is 1. The molecule has 6 heterocycles. The largest absolute Gasteiger partial charge is 0.490 e. The maximum Gasteiger partial charge on any atom is 0.439 e. The zero-order valence-corrected chi connectivity index (χ0v) is 21.6. The summed E-state index contributed by atoms with van der Waals surface area (Å²) >= 11 is 6.36. The van der Waals surface area contributed by atoms with Crippen molar-refractivity contribution in [2.75, 3.05) is 4.90 Å². The van der Waals surface area contributed by atoms with E-state index in [1.807, 2.05) is 12.1 Å². The van der Waals surface area contributed by atoms with Gasteiger partial charge in [-0.3, -0.25) is 14.5 Å². The molecule has 1 N–H and O–H groups in total. The second-order valence-corrected chi connectivity index (χ2v) is 11.3. The van der Waals surface area contributed by atoms with Gasteiger partial charge in [0.05, 0.1) is 33.5 Å². The first-order valence-electron chi connectivity index (χ1n) is 13.3. The lowest BCUT2D eigenvalue weighted by molar-refractivity contribution is 0.0165. The van der Waals surface area contributed by atoms with Crippen LogP contribution in [0.3, 0.4) is 0 Å². The average Bonchev–Trinajstić information content (AvgIpc) is 3.53. The molecule has 2 aliphatic carbocycles. The van der Waals surface area contributed by atoms with Gasteiger partial charge < -0.3 is 14.2 Å². The Morgan fingerprint density at radius 1 is 1.11 bits per heavy atom. The maximum atomic E-state index is 11.7. The van der Waals surface area contributed by atoms with Crippen molar-refractivity contribution in [3.05, 3.63) is 51.6 Å². The molecule has 1 saturated carbocycles. The minimum atomic E-state index is -0.633. The standard InChI is InChI=1S/C27H26ClN7O3/c1-13-6-7-14-12-34-23-17(31-26(34)35-19-4-2-3-5-20(19)37-24(13)22(14)35)9-18(25-32-27(36)38-33-25)30-21(23)15-8-16(28)11-29-10-15/h8-11,13-14,19-20H,2-7,12H2,1H3,(H,32,33,36)/t13-,14+,19?,20?/m1/s1. The van der Waals surface area contributed by atoms with E-state index >= 15 is 0 Å². The Balaban J connectivity index is 1.41. The van der Waals surface area contributed by atoms with E-state index in [-0.39, 0.29) is 18.0 Å². The first-order chi connectivity index (χ1) is 18.5. The lowest BCUT2D eigenvalue weighted by Gasteiger charge is -2.52. The molecule has 2 unspecified atom stereocenters. The molecule has 4 aliphatic rings. The summed E-state index contributed by atoms with van der Waals surface area (Å²) < 4.78 is 13.8. The molecule has 4 atom stereocenters. The van der Waals surface area contributed by atoms with Crippen LogP contribution in [-0.2, 0) is 11.3 Å². The smallest absolute Gasteiger partial charge is 0.439 e. The third-order valence-electron chi connectivity index (χ3n) is 8.56. The third kappa shape index (κ3) is 3.22. The van der Waals surface area contributed by atoms with Gasteiger partial charge in [0, 0.05) is 36.3 Å². The number of hydrogen-bond donors (Lipinski definition) is 1. The Morgan fingerprint density at radius 2 is 2.00 bits per heavy atom. The van der Waals surface area contributed by atoms with Gasteiger partial charge in [0.2, 0.25) is 11.8 Å². The number of nitrogens with zero attached hydrogens (tertiary/aromatic N) is 6. The number of anilines is 1. The SMILES string of the molecule is C[C@@H]1CC[C@H]2Cn3c(nc4cc(-c5noc(=O)[nH]5)nc(-c5cncc(Cl)c5)c43)N3C2=C1OC1CCCCC13. The molecular formula is C27H26ClN7O3. The van der Waals surface area contributed by atoms with Gasteiger partial charge in [-0.2, -0.15) is 0 Å². The molecule has 38 heavy (non-hydrogen) atoms. The Labute approximate surface area is 222 Å². The Morgan fingerprint density at radius 3 is 2.84 bits per heavy atom. The van der Waals surface area contributed by atoms with Crippen molar-refractivity contribution in [3.8, 4) is 22.8 Å². The van der Waals surface area contributed by atoms with E-state index in [1.165, 1.54) is 24.3 Å². The predicted octanol–water partition coefficient (Wildman–Crippen LogP) is 4.91. The Bertz CT molecular complexity index is 1690. The molecule has 0 amide bonds. The number of rotatable bonds is 2. The van der Waals surface area contributed by atoms with E-state index in [4.69, 9.17) is 30.8 Å². The highest BCUT2D eigenvalue weighted by molar-refractivity contribution is 6.30. The van der Waals surface area contributed by atoms with Gasteiger partial charge in [0.15, 0.2) is 0 Å². The van der Waals surface area contributed by atoms with E-state index in [0.717, 1.165) is 54.8 Å². The van der Waals surface area contributed by atoms with Gasteiger partial charge in [-0.1, -0.05) is 30.1 Å². The molecule has 8 rings (SSSR count). The first-order valence-corrected chi connectivity index (χ1v) is 13.7. The van der Waals surface area contributed by atoms with Crippen LogP contribution in [0.25, 0.3) is 33.8 Å². The van der Waals surface area contributed by atoms with Gasteiger partial charge in [-0.25, -0.2) is 14.8 Å². The number of aromatic nitrogens is 6. The fourth-order valence-electron chi connectivity index (χ4n) is 6.88. The van der Waals surface area contributed by atoms with Crippen LogP contribution in [0, 0.1) is 11.8 Å². The fourth-order valence-corrected chi connectivity index (χ4v) is 7.05. The molecule has 0 saturated heterocycles. The molecule has 0 bridgehead atoms. The van der Waals surface area contributed by atoms with Crippen molar-refractivity contribution in [2.45, 2.75) is 64.1 Å². The number of nitrogens with one attached hydrogen (secondary N) is 1. The number of pyridine rings is 2. The molecule has 10 nitrogen and oxygen atoms in total. The van der Waals surface area contributed by atoms with E-state index < -0.39 is 5.76 Å². The average molecular weight is 532 g/mol. The minimum Gasteiger partial charge on any atom is -0.490 e. The summed E-state index contributed by atoms with van der Waals surface area (Å²) in [5.41, 5.74) is 4.97. The number of fused-ring (bicyclic) bond motifs is 6. The second kappa shape index (κ2) is 8.17. The first kappa shape index (κ1) is 22.3. The van der Waals surface area contributed by atoms with Crippen LogP contribution in [0.5, 0.6) is 0 Å². The van der Waals surface area contributed by atoms with E-state index in [1.54, 1.807) is 12.4 Å². The number of halogens is 1. The van der Waals surface area contributed by atoms with Gasteiger partial charge in [-0.05, 0) is 44.2 Å². The molecule has 0 spiro atoms. The quantitative estimate of drug-likeness (QED) is 0.388. The van der Waals surface area contributed by atoms with E-state index in [0.29, 0.717) is 28.2 Å². The summed E-state index contributed by atoms with van der Waals surface area (Å²) in [7, 11) is 0. The van der Waals surface area contributed by atoms with Crippen LogP contribution in [0.15, 0.2) is 45.3 Å². The van der Waals surface area contributed by atoms with Crippen LogP contribution in [0.4, 0.5) is 5.95 Å². The van der Waals surface area contributed by atoms with Crippen LogP contribution in [0.2, 0.25) is 5.02 Å². The molecule has 194 valence electrons. The van der Waals surface area contributed by atoms with Crippen molar-refractivity contribution < 1.29 is 9.26 Å². The number of aromatic amines is 1. The molecule has 0 aromatic carbocycles. The summed E-state index contributed by atoms with van der Waals surface area (Å²) in [5.74, 6) is 2.48. The van der Waals surface area contributed by atoms with Gasteiger partial charge in [-0.15, -0.1) is 0 Å². The molecule has 2 aliphatic heterocycles. The van der Waals surface area contributed by atoms with Crippen molar-refractivity contribution >= 4 is 28.6 Å². The maximum absolute atomic E-state index is 11.7.